The first-order valence-corrected chi connectivity index (χ1v) is 11.9. The van der Waals surface area contributed by atoms with Crippen LogP contribution >= 0.6 is 0 Å². The fourth-order valence-corrected chi connectivity index (χ4v) is 5.38. The molecule has 4 atom stereocenters. The van der Waals surface area contributed by atoms with E-state index in [9.17, 15) is 9.50 Å². The molecule has 4 nitrogen and oxygen atoms in total. The van der Waals surface area contributed by atoms with Crippen molar-refractivity contribution < 1.29 is 9.50 Å². The Hall–Kier alpha value is -2.89. The number of anilines is 2. The van der Waals surface area contributed by atoms with Gasteiger partial charge in [-0.25, -0.2) is 4.39 Å². The number of hydrogen-bond acceptors (Lipinski definition) is 4. The minimum absolute atomic E-state index is 0.0824. The SMILES string of the molecule is C[C@@H]1[C@H](c2ccc(N(C)C)cc2)N[C@@H](c2ccc(N(C)C)cc2)[C@@H](C)C1(O)c1ccc(F)cc1. The van der Waals surface area contributed by atoms with Crippen LogP contribution in [0.25, 0.3) is 0 Å². The monoisotopic (exact) mass is 461 g/mol. The summed E-state index contributed by atoms with van der Waals surface area (Å²) in [6.45, 7) is 4.17. The standard InChI is InChI=1S/C29H36FN3O/c1-19-27(21-7-15-25(16-8-21)32(3)4)31-28(22-9-17-26(18-10-22)33(5)6)20(2)29(19,34)23-11-13-24(30)14-12-23/h7-20,27-28,31,34H,1-6H3/t19-,20-,27-,28-/m1/s1. The van der Waals surface area contributed by atoms with Crippen LogP contribution in [0.5, 0.6) is 0 Å². The predicted octanol–water partition coefficient (Wildman–Crippen LogP) is 5.50. The maximum absolute atomic E-state index is 13.8. The number of benzene rings is 3. The molecule has 0 saturated carbocycles. The van der Waals surface area contributed by atoms with E-state index in [4.69, 9.17) is 0 Å². The van der Waals surface area contributed by atoms with E-state index in [1.165, 1.54) is 12.1 Å². The molecule has 5 heteroatoms. The molecule has 1 heterocycles. The molecule has 0 amide bonds. The number of piperidine rings is 1. The van der Waals surface area contributed by atoms with Gasteiger partial charge in [-0.15, -0.1) is 0 Å². The summed E-state index contributed by atoms with van der Waals surface area (Å²) in [6, 6.07) is 23.2. The van der Waals surface area contributed by atoms with E-state index in [0.717, 1.165) is 28.1 Å². The molecule has 1 aliphatic rings. The molecule has 1 saturated heterocycles. The zero-order valence-corrected chi connectivity index (χ0v) is 21.0. The number of halogens is 1. The molecular formula is C29H36FN3O. The molecular weight excluding hydrogens is 425 g/mol. The van der Waals surface area contributed by atoms with Crippen molar-refractivity contribution in [1.29, 1.82) is 0 Å². The van der Waals surface area contributed by atoms with E-state index in [-0.39, 0.29) is 29.7 Å². The Morgan fingerprint density at radius 2 is 1.06 bits per heavy atom. The lowest BCUT2D eigenvalue weighted by Crippen LogP contribution is -2.55. The highest BCUT2D eigenvalue weighted by Crippen LogP contribution is 2.52. The fraction of sp³-hybridized carbons (Fsp3) is 0.379. The first-order valence-electron chi connectivity index (χ1n) is 11.9. The molecule has 1 fully saturated rings. The lowest BCUT2D eigenvalue weighted by molar-refractivity contribution is -0.118. The topological polar surface area (TPSA) is 38.7 Å². The molecule has 4 rings (SSSR count). The summed E-state index contributed by atoms with van der Waals surface area (Å²) in [6.07, 6.45) is 0. The quantitative estimate of drug-likeness (QED) is 0.526. The largest absolute Gasteiger partial charge is 0.384 e. The van der Waals surface area contributed by atoms with Crippen LogP contribution in [-0.4, -0.2) is 33.3 Å². The minimum atomic E-state index is -1.14. The van der Waals surface area contributed by atoms with E-state index in [0.29, 0.717) is 0 Å². The van der Waals surface area contributed by atoms with Crippen molar-refractivity contribution in [3.05, 3.63) is 95.3 Å². The summed E-state index contributed by atoms with van der Waals surface area (Å²) in [7, 11) is 8.11. The van der Waals surface area contributed by atoms with Gasteiger partial charge >= 0.3 is 0 Å². The molecule has 3 aromatic carbocycles. The lowest BCUT2D eigenvalue weighted by atomic mass is 9.63. The molecule has 0 radical (unpaired) electrons. The Bertz CT molecular complexity index is 1030. The second kappa shape index (κ2) is 9.40. The van der Waals surface area contributed by atoms with E-state index in [1.807, 2.05) is 28.2 Å². The van der Waals surface area contributed by atoms with Crippen molar-refractivity contribution in [3.8, 4) is 0 Å². The van der Waals surface area contributed by atoms with Gasteiger partial charge in [0.15, 0.2) is 0 Å². The van der Waals surface area contributed by atoms with E-state index >= 15 is 0 Å². The Morgan fingerprint density at radius 3 is 1.41 bits per heavy atom. The highest BCUT2D eigenvalue weighted by atomic mass is 19.1. The van der Waals surface area contributed by atoms with Gasteiger partial charge in [0.25, 0.3) is 0 Å². The van der Waals surface area contributed by atoms with Gasteiger partial charge in [-0.05, 0) is 53.1 Å². The molecule has 180 valence electrons. The minimum Gasteiger partial charge on any atom is -0.384 e. The average Bonchev–Trinajstić information content (AvgIpc) is 2.83. The summed E-state index contributed by atoms with van der Waals surface area (Å²) < 4.78 is 13.8. The van der Waals surface area contributed by atoms with Crippen LogP contribution in [0.15, 0.2) is 72.8 Å². The third-order valence-electron chi connectivity index (χ3n) is 7.59. The van der Waals surface area contributed by atoms with Crippen LogP contribution in [0.4, 0.5) is 15.8 Å². The molecule has 1 aliphatic heterocycles. The smallest absolute Gasteiger partial charge is 0.123 e. The van der Waals surface area contributed by atoms with Crippen LogP contribution in [0, 0.1) is 17.7 Å². The Kier molecular flexibility index (Phi) is 6.70. The number of nitrogens with zero attached hydrogens (tertiary/aromatic N) is 2. The van der Waals surface area contributed by atoms with Gasteiger partial charge in [0.1, 0.15) is 5.82 Å². The van der Waals surface area contributed by atoms with Gasteiger partial charge < -0.3 is 20.2 Å². The van der Waals surface area contributed by atoms with Gasteiger partial charge in [-0.1, -0.05) is 50.2 Å². The lowest BCUT2D eigenvalue weighted by Gasteiger charge is -2.52. The second-order valence-electron chi connectivity index (χ2n) is 10.0. The summed E-state index contributed by atoms with van der Waals surface area (Å²) >= 11 is 0. The van der Waals surface area contributed by atoms with Gasteiger partial charge in [-0.3, -0.25) is 0 Å². The zero-order chi connectivity index (χ0) is 24.6. The van der Waals surface area contributed by atoms with Crippen molar-refractivity contribution in [1.82, 2.24) is 5.32 Å². The van der Waals surface area contributed by atoms with Crippen LogP contribution in [0.3, 0.4) is 0 Å². The summed E-state index contributed by atoms with van der Waals surface area (Å²) in [4.78, 5) is 4.15. The molecule has 0 bridgehead atoms. The number of hydrogen-bond donors (Lipinski definition) is 2. The number of rotatable bonds is 5. The third-order valence-corrected chi connectivity index (χ3v) is 7.59. The van der Waals surface area contributed by atoms with Crippen molar-refractivity contribution in [2.45, 2.75) is 31.5 Å². The van der Waals surface area contributed by atoms with E-state index in [1.54, 1.807) is 12.1 Å². The third kappa shape index (κ3) is 4.30. The van der Waals surface area contributed by atoms with Crippen LogP contribution < -0.4 is 15.1 Å². The zero-order valence-electron chi connectivity index (χ0n) is 21.0. The van der Waals surface area contributed by atoms with E-state index in [2.05, 4.69) is 77.5 Å². The van der Waals surface area contributed by atoms with E-state index < -0.39 is 5.60 Å². The molecule has 0 aliphatic carbocycles. The average molecular weight is 462 g/mol. The van der Waals surface area contributed by atoms with Gasteiger partial charge in [-0.2, -0.15) is 0 Å². The number of nitrogens with one attached hydrogen (secondary N) is 1. The molecule has 34 heavy (non-hydrogen) atoms. The summed E-state index contributed by atoms with van der Waals surface area (Å²) in [5.41, 5.74) is 4.12. The first kappa shape index (κ1) is 24.2. The van der Waals surface area contributed by atoms with Crippen LogP contribution in [0.1, 0.15) is 42.6 Å². The summed E-state index contributed by atoms with van der Waals surface area (Å²) in [5, 5.41) is 16.2. The summed E-state index contributed by atoms with van der Waals surface area (Å²) in [5.74, 6) is -0.584. The Balaban J connectivity index is 1.79. The first-order chi connectivity index (χ1) is 16.1. The van der Waals surface area contributed by atoms with Crippen molar-refractivity contribution in [2.75, 3.05) is 38.0 Å². The predicted molar refractivity (Wildman–Crippen MR) is 139 cm³/mol. The maximum Gasteiger partial charge on any atom is 0.123 e. The van der Waals surface area contributed by atoms with Crippen LogP contribution in [-0.2, 0) is 5.60 Å². The van der Waals surface area contributed by atoms with Crippen molar-refractivity contribution in [3.63, 3.8) is 0 Å². The highest BCUT2D eigenvalue weighted by molar-refractivity contribution is 5.48. The molecule has 3 aromatic rings. The normalized spacial score (nSPS) is 26.8. The molecule has 0 aromatic heterocycles. The van der Waals surface area contributed by atoms with Crippen molar-refractivity contribution in [2.24, 2.45) is 11.8 Å². The maximum atomic E-state index is 13.8. The number of aliphatic hydroxyl groups is 1. The van der Waals surface area contributed by atoms with Crippen LogP contribution in [0.2, 0.25) is 0 Å². The highest BCUT2D eigenvalue weighted by Gasteiger charge is 2.52. The Labute approximate surface area is 203 Å². The van der Waals surface area contributed by atoms with Gasteiger partial charge in [0.05, 0.1) is 5.60 Å². The van der Waals surface area contributed by atoms with Gasteiger partial charge in [0, 0.05) is 63.5 Å². The van der Waals surface area contributed by atoms with Gasteiger partial charge in [0.2, 0.25) is 0 Å². The molecule has 2 N–H and O–H groups in total. The Morgan fingerprint density at radius 1 is 0.676 bits per heavy atom. The second-order valence-corrected chi connectivity index (χ2v) is 10.0. The van der Waals surface area contributed by atoms with Crippen molar-refractivity contribution >= 4 is 11.4 Å². The fourth-order valence-electron chi connectivity index (χ4n) is 5.38. The molecule has 0 spiro atoms. The molecule has 0 unspecified atom stereocenters.